The number of aliphatic hydroxyl groups is 1. The van der Waals surface area contributed by atoms with Gasteiger partial charge in [0.25, 0.3) is 0 Å². The fourth-order valence-corrected chi connectivity index (χ4v) is 0.948. The molecule has 2 unspecified atom stereocenters. The molecule has 0 bridgehead atoms. The molecule has 0 spiro atoms. The molecule has 15 heavy (non-hydrogen) atoms. The number of carboxylic acids is 1. The molecule has 0 rings (SSSR count). The molecule has 0 aromatic heterocycles. The van der Waals surface area contributed by atoms with E-state index in [9.17, 15) is 9.90 Å². The summed E-state index contributed by atoms with van der Waals surface area (Å²) in [7, 11) is 3.10. The molecule has 6 heteroatoms. The molecule has 0 saturated carbocycles. The van der Waals surface area contributed by atoms with E-state index in [-0.39, 0.29) is 12.6 Å². The number of carbonyl (C=O) groups is 1. The fourth-order valence-electron chi connectivity index (χ4n) is 0.948. The van der Waals surface area contributed by atoms with Crippen molar-refractivity contribution in [3.05, 3.63) is 0 Å². The Morgan fingerprint density at radius 3 is 2.53 bits per heavy atom. The first-order chi connectivity index (χ1) is 6.94. The molecule has 0 saturated heterocycles. The van der Waals surface area contributed by atoms with E-state index in [1.807, 2.05) is 0 Å². The molecule has 0 aliphatic rings. The van der Waals surface area contributed by atoms with E-state index in [1.165, 1.54) is 6.92 Å². The van der Waals surface area contributed by atoms with Crippen LogP contribution in [0.1, 0.15) is 6.92 Å². The maximum atomic E-state index is 10.5. The fraction of sp³-hybridized carbons (Fsp3) is 0.889. The van der Waals surface area contributed by atoms with Crippen LogP contribution < -0.4 is 5.32 Å². The Morgan fingerprint density at radius 2 is 2.13 bits per heavy atom. The zero-order chi connectivity index (χ0) is 11.9. The largest absolute Gasteiger partial charge is 0.479 e. The van der Waals surface area contributed by atoms with Crippen LogP contribution in [0.5, 0.6) is 0 Å². The van der Waals surface area contributed by atoms with Gasteiger partial charge in [-0.1, -0.05) is 0 Å². The predicted octanol–water partition coefficient (Wildman–Crippen LogP) is -0.927. The van der Waals surface area contributed by atoms with Crippen molar-refractivity contribution in [2.75, 3.05) is 33.9 Å². The summed E-state index contributed by atoms with van der Waals surface area (Å²) in [6, 6.07) is 0. The van der Waals surface area contributed by atoms with Gasteiger partial charge in [-0.15, -0.1) is 0 Å². The first-order valence-electron chi connectivity index (χ1n) is 4.62. The highest BCUT2D eigenvalue weighted by Crippen LogP contribution is 2.00. The number of methoxy groups -OCH3 is 2. The molecule has 0 fully saturated rings. The van der Waals surface area contributed by atoms with Gasteiger partial charge in [0.05, 0.1) is 12.7 Å². The molecule has 0 amide bonds. The van der Waals surface area contributed by atoms with Gasteiger partial charge in [0.15, 0.2) is 5.60 Å². The smallest absolute Gasteiger partial charge is 0.336 e. The summed E-state index contributed by atoms with van der Waals surface area (Å²) in [5.41, 5.74) is -1.76. The van der Waals surface area contributed by atoms with Crippen molar-refractivity contribution in [2.24, 2.45) is 0 Å². The second-order valence-electron chi connectivity index (χ2n) is 3.52. The van der Waals surface area contributed by atoms with Crippen LogP contribution in [0, 0.1) is 0 Å². The highest BCUT2D eigenvalue weighted by atomic mass is 16.5. The lowest BCUT2D eigenvalue weighted by Crippen LogP contribution is -2.47. The average molecular weight is 221 g/mol. The summed E-state index contributed by atoms with van der Waals surface area (Å²) in [5, 5.41) is 20.8. The second-order valence-corrected chi connectivity index (χ2v) is 3.52. The molecule has 0 aromatic carbocycles. The van der Waals surface area contributed by atoms with Crippen molar-refractivity contribution in [2.45, 2.75) is 18.6 Å². The van der Waals surface area contributed by atoms with Crippen LogP contribution in [0.15, 0.2) is 0 Å². The third-order valence-corrected chi connectivity index (χ3v) is 1.99. The molecule has 0 aliphatic carbocycles. The predicted molar refractivity (Wildman–Crippen MR) is 53.8 cm³/mol. The monoisotopic (exact) mass is 221 g/mol. The van der Waals surface area contributed by atoms with Gasteiger partial charge >= 0.3 is 5.97 Å². The normalized spacial score (nSPS) is 17.1. The van der Waals surface area contributed by atoms with Gasteiger partial charge in [-0.25, -0.2) is 4.79 Å². The Bertz CT molecular complexity index is 195. The minimum atomic E-state index is -1.76. The number of hydrogen-bond acceptors (Lipinski definition) is 5. The molecular weight excluding hydrogens is 202 g/mol. The molecule has 90 valence electrons. The summed E-state index contributed by atoms with van der Waals surface area (Å²) in [6.45, 7) is 2.04. The lowest BCUT2D eigenvalue weighted by Gasteiger charge is -2.20. The van der Waals surface area contributed by atoms with Crippen molar-refractivity contribution in [1.29, 1.82) is 0 Å². The lowest BCUT2D eigenvalue weighted by molar-refractivity contribution is -0.156. The summed E-state index contributed by atoms with van der Waals surface area (Å²) < 4.78 is 9.93. The molecule has 2 atom stereocenters. The summed E-state index contributed by atoms with van der Waals surface area (Å²) in [4.78, 5) is 10.5. The number of aliphatic carboxylic acids is 1. The van der Waals surface area contributed by atoms with Crippen LogP contribution in [0.25, 0.3) is 0 Å². The number of rotatable bonds is 8. The Kier molecular flexibility index (Phi) is 6.42. The van der Waals surface area contributed by atoms with Crippen LogP contribution in [-0.2, 0) is 14.3 Å². The van der Waals surface area contributed by atoms with E-state index < -0.39 is 11.6 Å². The second kappa shape index (κ2) is 6.73. The van der Waals surface area contributed by atoms with Gasteiger partial charge in [-0.05, 0) is 6.92 Å². The van der Waals surface area contributed by atoms with Gasteiger partial charge < -0.3 is 25.0 Å². The maximum absolute atomic E-state index is 10.5. The number of nitrogens with one attached hydrogen (secondary N) is 1. The maximum Gasteiger partial charge on any atom is 0.336 e. The van der Waals surface area contributed by atoms with Crippen molar-refractivity contribution >= 4 is 5.97 Å². The quantitative estimate of drug-likeness (QED) is 0.491. The molecular formula is C9H19NO5. The van der Waals surface area contributed by atoms with Crippen LogP contribution >= 0.6 is 0 Å². The molecule has 0 radical (unpaired) electrons. The third-order valence-electron chi connectivity index (χ3n) is 1.99. The number of carboxylic acid groups (broad SMARTS) is 1. The SMILES string of the molecule is COCC(CNCC(C)(O)C(=O)O)OC. The molecule has 0 heterocycles. The van der Waals surface area contributed by atoms with Gasteiger partial charge in [0, 0.05) is 27.3 Å². The van der Waals surface area contributed by atoms with Gasteiger partial charge in [-0.3, -0.25) is 0 Å². The topological polar surface area (TPSA) is 88.0 Å². The number of hydrogen-bond donors (Lipinski definition) is 3. The lowest BCUT2D eigenvalue weighted by atomic mass is 10.1. The molecule has 0 aromatic rings. The summed E-state index contributed by atoms with van der Waals surface area (Å²) in [6.07, 6.45) is -0.153. The molecule has 6 nitrogen and oxygen atoms in total. The van der Waals surface area contributed by atoms with Gasteiger partial charge in [0.1, 0.15) is 0 Å². The van der Waals surface area contributed by atoms with Crippen LogP contribution in [-0.4, -0.2) is 61.8 Å². The first kappa shape index (κ1) is 14.3. The van der Waals surface area contributed by atoms with E-state index in [1.54, 1.807) is 14.2 Å². The number of ether oxygens (including phenoxy) is 2. The zero-order valence-corrected chi connectivity index (χ0v) is 9.32. The Labute approximate surface area is 89.2 Å². The minimum absolute atomic E-state index is 0.0358. The zero-order valence-electron chi connectivity index (χ0n) is 9.32. The van der Waals surface area contributed by atoms with Gasteiger partial charge in [-0.2, -0.15) is 0 Å². The molecule has 3 N–H and O–H groups in total. The van der Waals surface area contributed by atoms with E-state index in [4.69, 9.17) is 14.6 Å². The highest BCUT2D eigenvalue weighted by molar-refractivity contribution is 5.76. The van der Waals surface area contributed by atoms with Crippen molar-refractivity contribution in [3.63, 3.8) is 0 Å². The molecule has 0 aliphatic heterocycles. The minimum Gasteiger partial charge on any atom is -0.479 e. The summed E-state index contributed by atoms with van der Waals surface area (Å²) >= 11 is 0. The van der Waals surface area contributed by atoms with E-state index in [0.717, 1.165) is 0 Å². The van der Waals surface area contributed by atoms with Gasteiger partial charge in [0.2, 0.25) is 0 Å². The summed E-state index contributed by atoms with van der Waals surface area (Å²) in [5.74, 6) is -1.25. The van der Waals surface area contributed by atoms with E-state index in [0.29, 0.717) is 13.2 Å². The van der Waals surface area contributed by atoms with E-state index in [2.05, 4.69) is 5.32 Å². The van der Waals surface area contributed by atoms with Crippen molar-refractivity contribution in [1.82, 2.24) is 5.32 Å². The van der Waals surface area contributed by atoms with Crippen LogP contribution in [0.3, 0.4) is 0 Å². The van der Waals surface area contributed by atoms with Crippen LogP contribution in [0.2, 0.25) is 0 Å². The van der Waals surface area contributed by atoms with Crippen LogP contribution in [0.4, 0.5) is 0 Å². The standard InChI is InChI=1S/C9H19NO5/c1-9(13,8(11)12)6-10-4-7(15-3)5-14-2/h7,10,13H,4-6H2,1-3H3,(H,11,12). The van der Waals surface area contributed by atoms with Crippen molar-refractivity contribution in [3.8, 4) is 0 Å². The Morgan fingerprint density at radius 1 is 1.53 bits per heavy atom. The first-order valence-corrected chi connectivity index (χ1v) is 4.62. The Hall–Kier alpha value is -0.690. The third kappa shape index (κ3) is 5.68. The van der Waals surface area contributed by atoms with E-state index >= 15 is 0 Å². The van der Waals surface area contributed by atoms with Crippen molar-refractivity contribution < 1.29 is 24.5 Å². The average Bonchev–Trinajstić information content (AvgIpc) is 2.16. The highest BCUT2D eigenvalue weighted by Gasteiger charge is 2.29. The Balaban J connectivity index is 3.81.